The maximum Gasteiger partial charge on any atom is 0.0826 e. The zero-order valence-electron chi connectivity index (χ0n) is 11.4. The lowest BCUT2D eigenvalue weighted by Crippen LogP contribution is -2.45. The average Bonchev–Trinajstić information content (AvgIpc) is 2.46. The second kappa shape index (κ2) is 7.25. The van der Waals surface area contributed by atoms with Gasteiger partial charge in [-0.1, -0.05) is 30.3 Å². The first kappa shape index (κ1) is 14.0. The van der Waals surface area contributed by atoms with Gasteiger partial charge in [-0.3, -0.25) is 4.90 Å². The van der Waals surface area contributed by atoms with Crippen molar-refractivity contribution in [2.45, 2.75) is 18.6 Å². The van der Waals surface area contributed by atoms with Crippen molar-refractivity contribution in [3.8, 4) is 6.07 Å². The highest BCUT2D eigenvalue weighted by Gasteiger charge is 2.21. The van der Waals surface area contributed by atoms with Crippen molar-refractivity contribution >= 4 is 0 Å². The number of nitrogens with one attached hydrogen (secondary N) is 1. The summed E-state index contributed by atoms with van der Waals surface area (Å²) in [6.07, 6.45) is 0.712. The van der Waals surface area contributed by atoms with Gasteiger partial charge in [-0.15, -0.1) is 0 Å². The molecule has 0 bridgehead atoms. The Balaban J connectivity index is 2.00. The second-order valence-electron chi connectivity index (χ2n) is 4.93. The molecule has 1 fully saturated rings. The second-order valence-corrected chi connectivity index (χ2v) is 4.93. The highest BCUT2D eigenvalue weighted by atomic mass is 16.5. The first-order valence-corrected chi connectivity index (χ1v) is 6.75. The Labute approximate surface area is 115 Å². The van der Waals surface area contributed by atoms with Crippen LogP contribution in [0.25, 0.3) is 0 Å². The van der Waals surface area contributed by atoms with E-state index in [1.54, 1.807) is 0 Å². The SMILES string of the molecule is CN(CC1CNCCO1)C(CC#N)c1ccccc1. The fourth-order valence-corrected chi connectivity index (χ4v) is 2.48. The van der Waals surface area contributed by atoms with Crippen LogP contribution in [-0.2, 0) is 4.74 Å². The highest BCUT2D eigenvalue weighted by molar-refractivity contribution is 5.20. The maximum atomic E-state index is 9.03. The number of nitrogens with zero attached hydrogens (tertiary/aromatic N) is 2. The van der Waals surface area contributed by atoms with E-state index in [4.69, 9.17) is 10.00 Å². The lowest BCUT2D eigenvalue weighted by molar-refractivity contribution is 0.00290. The van der Waals surface area contributed by atoms with E-state index in [0.717, 1.165) is 26.2 Å². The first-order valence-electron chi connectivity index (χ1n) is 6.75. The van der Waals surface area contributed by atoms with Crippen molar-refractivity contribution in [1.29, 1.82) is 5.26 Å². The van der Waals surface area contributed by atoms with Crippen LogP contribution in [0.4, 0.5) is 0 Å². The van der Waals surface area contributed by atoms with Crippen LogP contribution in [0, 0.1) is 11.3 Å². The summed E-state index contributed by atoms with van der Waals surface area (Å²) >= 11 is 0. The Morgan fingerprint density at radius 2 is 2.26 bits per heavy atom. The van der Waals surface area contributed by atoms with Crippen molar-refractivity contribution in [2.75, 3.05) is 33.3 Å². The fraction of sp³-hybridized carbons (Fsp3) is 0.533. The molecule has 1 aromatic carbocycles. The predicted octanol–water partition coefficient (Wildman–Crippen LogP) is 1.56. The number of hydrogen-bond donors (Lipinski definition) is 1. The molecule has 1 heterocycles. The van der Waals surface area contributed by atoms with Crippen LogP contribution < -0.4 is 5.32 Å². The van der Waals surface area contributed by atoms with Crippen molar-refractivity contribution in [3.63, 3.8) is 0 Å². The molecule has 2 atom stereocenters. The van der Waals surface area contributed by atoms with Gasteiger partial charge in [0.2, 0.25) is 0 Å². The summed E-state index contributed by atoms with van der Waals surface area (Å²) < 4.78 is 5.73. The van der Waals surface area contributed by atoms with E-state index in [2.05, 4.69) is 35.5 Å². The van der Waals surface area contributed by atoms with Crippen molar-refractivity contribution in [3.05, 3.63) is 35.9 Å². The first-order chi connectivity index (χ1) is 9.31. The molecule has 0 spiro atoms. The van der Waals surface area contributed by atoms with Gasteiger partial charge in [-0.05, 0) is 12.6 Å². The zero-order valence-corrected chi connectivity index (χ0v) is 11.4. The van der Waals surface area contributed by atoms with Crippen molar-refractivity contribution < 1.29 is 4.74 Å². The van der Waals surface area contributed by atoms with Crippen molar-refractivity contribution in [2.24, 2.45) is 0 Å². The molecule has 2 unspecified atom stereocenters. The molecule has 0 amide bonds. The summed E-state index contributed by atoms with van der Waals surface area (Å²) in [5, 5.41) is 12.4. The van der Waals surface area contributed by atoms with Gasteiger partial charge in [0.05, 0.1) is 25.2 Å². The number of nitriles is 1. The molecule has 0 radical (unpaired) electrons. The Kier molecular flexibility index (Phi) is 5.34. The van der Waals surface area contributed by atoms with E-state index in [1.807, 2.05) is 18.2 Å². The van der Waals surface area contributed by atoms with E-state index in [-0.39, 0.29) is 12.1 Å². The number of likely N-dealkylation sites (N-methyl/N-ethyl adjacent to an activating group) is 1. The summed E-state index contributed by atoms with van der Waals surface area (Å²) in [5.74, 6) is 0. The molecule has 1 aliphatic heterocycles. The molecule has 1 aromatic rings. The molecule has 0 aromatic heterocycles. The third-order valence-corrected chi connectivity index (χ3v) is 3.50. The molecule has 4 nitrogen and oxygen atoms in total. The van der Waals surface area contributed by atoms with E-state index in [0.29, 0.717) is 6.42 Å². The Bertz CT molecular complexity index is 409. The van der Waals surface area contributed by atoms with Gasteiger partial charge in [-0.25, -0.2) is 0 Å². The lowest BCUT2D eigenvalue weighted by atomic mass is 10.0. The Morgan fingerprint density at radius 1 is 1.47 bits per heavy atom. The Morgan fingerprint density at radius 3 is 2.89 bits per heavy atom. The topological polar surface area (TPSA) is 48.3 Å². The normalized spacial score (nSPS) is 21.0. The summed E-state index contributed by atoms with van der Waals surface area (Å²) in [6, 6.07) is 12.6. The lowest BCUT2D eigenvalue weighted by Gasteiger charge is -2.32. The Hall–Kier alpha value is -1.41. The molecule has 4 heteroatoms. The predicted molar refractivity (Wildman–Crippen MR) is 74.7 cm³/mol. The van der Waals surface area contributed by atoms with Gasteiger partial charge < -0.3 is 10.1 Å². The number of morpholine rings is 1. The molecular formula is C15H21N3O. The molecule has 19 heavy (non-hydrogen) atoms. The molecule has 1 N–H and O–H groups in total. The molecule has 2 rings (SSSR count). The number of rotatable bonds is 5. The minimum Gasteiger partial charge on any atom is -0.374 e. The van der Waals surface area contributed by atoms with Gasteiger partial charge >= 0.3 is 0 Å². The standard InChI is InChI=1S/C15H21N3O/c1-18(12-14-11-17-9-10-19-14)15(7-8-16)13-5-3-2-4-6-13/h2-6,14-15,17H,7,9-12H2,1H3. The van der Waals surface area contributed by atoms with E-state index < -0.39 is 0 Å². The molecule has 102 valence electrons. The van der Waals surface area contributed by atoms with Crippen LogP contribution in [0.5, 0.6) is 0 Å². The minimum absolute atomic E-state index is 0.136. The molecule has 0 aliphatic carbocycles. The van der Waals surface area contributed by atoms with Crippen molar-refractivity contribution in [1.82, 2.24) is 10.2 Å². The fourth-order valence-electron chi connectivity index (χ4n) is 2.48. The third kappa shape index (κ3) is 4.03. The summed E-state index contributed by atoms with van der Waals surface area (Å²) in [6.45, 7) is 3.43. The van der Waals surface area contributed by atoms with E-state index in [9.17, 15) is 0 Å². The van der Waals surface area contributed by atoms with Crippen LogP contribution >= 0.6 is 0 Å². The quantitative estimate of drug-likeness (QED) is 0.872. The minimum atomic E-state index is 0.136. The van der Waals surface area contributed by atoms with Crippen LogP contribution in [0.15, 0.2) is 30.3 Å². The summed E-state index contributed by atoms with van der Waals surface area (Å²) in [4.78, 5) is 2.22. The van der Waals surface area contributed by atoms with Gasteiger partial charge in [0, 0.05) is 25.7 Å². The van der Waals surface area contributed by atoms with Crippen LogP contribution in [0.1, 0.15) is 18.0 Å². The maximum absolute atomic E-state index is 9.03. The van der Waals surface area contributed by atoms with E-state index >= 15 is 0 Å². The zero-order chi connectivity index (χ0) is 13.5. The highest BCUT2D eigenvalue weighted by Crippen LogP contribution is 2.23. The number of hydrogen-bond acceptors (Lipinski definition) is 4. The largest absolute Gasteiger partial charge is 0.374 e. The third-order valence-electron chi connectivity index (χ3n) is 3.50. The van der Waals surface area contributed by atoms with Gasteiger partial charge in [0.15, 0.2) is 0 Å². The van der Waals surface area contributed by atoms with E-state index in [1.165, 1.54) is 5.56 Å². The number of benzene rings is 1. The van der Waals surface area contributed by atoms with Crippen LogP contribution in [-0.4, -0.2) is 44.3 Å². The van der Waals surface area contributed by atoms with Gasteiger partial charge in [0.1, 0.15) is 0 Å². The summed E-state index contributed by atoms with van der Waals surface area (Å²) in [5.41, 5.74) is 1.19. The molecule has 1 aliphatic rings. The summed E-state index contributed by atoms with van der Waals surface area (Å²) in [7, 11) is 2.06. The van der Waals surface area contributed by atoms with Gasteiger partial charge in [0.25, 0.3) is 0 Å². The van der Waals surface area contributed by atoms with Crippen LogP contribution in [0.3, 0.4) is 0 Å². The smallest absolute Gasteiger partial charge is 0.0826 e. The molecule has 0 saturated carbocycles. The number of ether oxygens (including phenoxy) is 1. The monoisotopic (exact) mass is 259 g/mol. The van der Waals surface area contributed by atoms with Crippen LogP contribution in [0.2, 0.25) is 0 Å². The van der Waals surface area contributed by atoms with Gasteiger partial charge in [-0.2, -0.15) is 5.26 Å². The average molecular weight is 259 g/mol. The molecule has 1 saturated heterocycles. The molecular weight excluding hydrogens is 238 g/mol.